The number of nitrogens with one attached hydrogen (secondary N) is 1. The van der Waals surface area contributed by atoms with Crippen LogP contribution in [0.4, 0.5) is 5.69 Å². The van der Waals surface area contributed by atoms with Gasteiger partial charge in [-0.2, -0.15) is 0 Å². The monoisotopic (exact) mass is 649 g/mol. The van der Waals surface area contributed by atoms with Crippen LogP contribution in [0.1, 0.15) is 32.8 Å². The Hall–Kier alpha value is -3.08. The molecule has 0 aliphatic carbocycles. The van der Waals surface area contributed by atoms with Crippen LogP contribution >= 0.6 is 27.5 Å². The first kappa shape index (κ1) is 31.4. The molecule has 3 aromatic rings. The Kier molecular flexibility index (Phi) is 11.4. The van der Waals surface area contributed by atoms with E-state index < -0.39 is 28.5 Å². The summed E-state index contributed by atoms with van der Waals surface area (Å²) < 4.78 is 35.1. The van der Waals surface area contributed by atoms with Crippen molar-refractivity contribution in [1.29, 1.82) is 0 Å². The zero-order valence-corrected chi connectivity index (χ0v) is 25.8. The summed E-state index contributed by atoms with van der Waals surface area (Å²) in [5.41, 5.74) is 1.07. The van der Waals surface area contributed by atoms with Crippen LogP contribution in [0.2, 0.25) is 5.02 Å². The molecule has 0 spiro atoms. The minimum Gasteiger partial charge on any atom is -0.494 e. The second-order valence-corrected chi connectivity index (χ2v) is 12.2. The van der Waals surface area contributed by atoms with Gasteiger partial charge < -0.3 is 15.0 Å². The fraction of sp³-hybridized carbons (Fsp3) is 0.310. The molecular formula is C29H33BrClN3O5S. The molecule has 0 fully saturated rings. The van der Waals surface area contributed by atoms with Crippen LogP contribution in [0.5, 0.6) is 5.75 Å². The number of carbonyl (C=O) groups is 2. The van der Waals surface area contributed by atoms with Gasteiger partial charge in [0, 0.05) is 22.6 Å². The van der Waals surface area contributed by atoms with Gasteiger partial charge in [0.25, 0.3) is 10.0 Å². The highest BCUT2D eigenvalue weighted by Crippen LogP contribution is 2.27. The van der Waals surface area contributed by atoms with Crippen LogP contribution in [0.15, 0.2) is 82.2 Å². The number of hydrogen-bond acceptors (Lipinski definition) is 5. The maximum atomic E-state index is 13.9. The molecule has 0 aliphatic rings. The summed E-state index contributed by atoms with van der Waals surface area (Å²) in [6.45, 7) is 5.93. The van der Waals surface area contributed by atoms with Gasteiger partial charge in [0.2, 0.25) is 11.8 Å². The van der Waals surface area contributed by atoms with Gasteiger partial charge >= 0.3 is 0 Å². The lowest BCUT2D eigenvalue weighted by Crippen LogP contribution is -2.51. The Morgan fingerprint density at radius 2 is 1.60 bits per heavy atom. The maximum Gasteiger partial charge on any atom is 0.264 e. The largest absolute Gasteiger partial charge is 0.494 e. The molecule has 0 saturated heterocycles. The molecule has 0 unspecified atom stereocenters. The third kappa shape index (κ3) is 8.22. The van der Waals surface area contributed by atoms with Crippen molar-refractivity contribution in [2.24, 2.45) is 0 Å². The number of benzene rings is 3. The zero-order chi connectivity index (χ0) is 29.3. The van der Waals surface area contributed by atoms with Crippen molar-refractivity contribution in [3.63, 3.8) is 0 Å². The van der Waals surface area contributed by atoms with Crippen LogP contribution < -0.4 is 14.4 Å². The lowest BCUT2D eigenvalue weighted by atomic mass is 10.1. The Morgan fingerprint density at radius 3 is 2.17 bits per heavy atom. The number of carbonyl (C=O) groups excluding carboxylic acids is 2. The SMILES string of the molecule is CCCNC(=O)[C@H](C)N(Cc1ccc(Br)cc1)C(=O)CN(c1ccc(OCC)cc1)S(=O)(=O)c1ccc(Cl)cc1. The van der Waals surface area contributed by atoms with Gasteiger partial charge in [-0.15, -0.1) is 0 Å². The number of rotatable bonds is 13. The lowest BCUT2D eigenvalue weighted by molar-refractivity contribution is -0.139. The first-order valence-corrected chi connectivity index (χ1v) is 15.5. The molecule has 2 amide bonds. The number of ether oxygens (including phenoxy) is 1. The molecule has 0 heterocycles. The van der Waals surface area contributed by atoms with Crippen molar-refractivity contribution in [3.05, 3.63) is 87.9 Å². The van der Waals surface area contributed by atoms with Gasteiger partial charge in [-0.3, -0.25) is 13.9 Å². The van der Waals surface area contributed by atoms with E-state index in [0.29, 0.717) is 23.9 Å². The highest BCUT2D eigenvalue weighted by molar-refractivity contribution is 9.10. The van der Waals surface area contributed by atoms with Gasteiger partial charge in [0.05, 0.1) is 17.2 Å². The third-order valence-electron chi connectivity index (χ3n) is 6.10. The molecule has 0 aromatic heterocycles. The van der Waals surface area contributed by atoms with Crippen LogP contribution in [0, 0.1) is 0 Å². The standard InChI is InChI=1S/C29H33BrClN3O5S/c1-4-18-32-29(36)21(3)33(19-22-6-8-23(30)9-7-22)28(35)20-34(25-12-14-26(15-13-25)39-5-2)40(37,38)27-16-10-24(31)11-17-27/h6-17,21H,4-5,18-20H2,1-3H3,(H,32,36)/t21-/m0/s1. The number of amides is 2. The van der Waals surface area contributed by atoms with Gasteiger partial charge in [-0.05, 0) is 86.5 Å². The second-order valence-electron chi connectivity index (χ2n) is 9.01. The van der Waals surface area contributed by atoms with Crippen LogP contribution in [-0.2, 0) is 26.2 Å². The van der Waals surface area contributed by atoms with Gasteiger partial charge in [0.1, 0.15) is 18.3 Å². The van der Waals surface area contributed by atoms with Crippen molar-refractivity contribution < 1.29 is 22.7 Å². The minimum absolute atomic E-state index is 0.0215. The highest BCUT2D eigenvalue weighted by Gasteiger charge is 2.32. The lowest BCUT2D eigenvalue weighted by Gasteiger charge is -2.32. The summed E-state index contributed by atoms with van der Waals surface area (Å²) in [6, 6.07) is 18.7. The average molecular weight is 651 g/mol. The molecule has 40 heavy (non-hydrogen) atoms. The third-order valence-corrected chi connectivity index (χ3v) is 8.67. The van der Waals surface area contributed by atoms with Crippen LogP contribution in [0.3, 0.4) is 0 Å². The van der Waals surface area contributed by atoms with Crippen molar-refractivity contribution in [1.82, 2.24) is 10.2 Å². The Morgan fingerprint density at radius 1 is 0.975 bits per heavy atom. The van der Waals surface area contributed by atoms with E-state index in [-0.39, 0.29) is 23.0 Å². The summed E-state index contributed by atoms with van der Waals surface area (Å²) in [4.78, 5) is 28.2. The van der Waals surface area contributed by atoms with Gasteiger partial charge in [-0.25, -0.2) is 8.42 Å². The van der Waals surface area contributed by atoms with E-state index in [2.05, 4.69) is 21.2 Å². The molecular weight excluding hydrogens is 618 g/mol. The average Bonchev–Trinajstić information content (AvgIpc) is 2.94. The smallest absolute Gasteiger partial charge is 0.264 e. The molecule has 0 saturated carbocycles. The predicted octanol–water partition coefficient (Wildman–Crippen LogP) is 5.64. The van der Waals surface area contributed by atoms with Crippen molar-refractivity contribution in [2.75, 3.05) is 24.0 Å². The fourth-order valence-corrected chi connectivity index (χ4v) is 5.71. The van der Waals surface area contributed by atoms with E-state index >= 15 is 0 Å². The van der Waals surface area contributed by atoms with Crippen molar-refractivity contribution in [2.45, 2.75) is 44.7 Å². The van der Waals surface area contributed by atoms with E-state index in [1.165, 1.54) is 29.2 Å². The normalized spacial score (nSPS) is 11.9. The molecule has 3 aromatic carbocycles. The molecule has 0 bridgehead atoms. The van der Waals surface area contributed by atoms with E-state index in [1.54, 1.807) is 31.2 Å². The minimum atomic E-state index is -4.18. The van der Waals surface area contributed by atoms with Gasteiger partial charge in [0.15, 0.2) is 0 Å². The van der Waals surface area contributed by atoms with Crippen molar-refractivity contribution >= 4 is 55.1 Å². The van der Waals surface area contributed by atoms with E-state index in [1.807, 2.05) is 38.1 Å². The highest BCUT2D eigenvalue weighted by atomic mass is 79.9. The second kappa shape index (κ2) is 14.5. The fourth-order valence-electron chi connectivity index (χ4n) is 3.90. The van der Waals surface area contributed by atoms with Gasteiger partial charge in [-0.1, -0.05) is 46.6 Å². The van der Waals surface area contributed by atoms with Crippen LogP contribution in [-0.4, -0.2) is 50.9 Å². The summed E-state index contributed by atoms with van der Waals surface area (Å²) in [5, 5.41) is 3.21. The molecule has 214 valence electrons. The molecule has 11 heteroatoms. The molecule has 8 nitrogen and oxygen atoms in total. The van der Waals surface area contributed by atoms with E-state index in [4.69, 9.17) is 16.3 Å². The maximum absolute atomic E-state index is 13.9. The molecule has 3 rings (SSSR count). The molecule has 1 N–H and O–H groups in total. The number of nitrogens with zero attached hydrogens (tertiary/aromatic N) is 2. The topological polar surface area (TPSA) is 96.0 Å². The predicted molar refractivity (Wildman–Crippen MR) is 161 cm³/mol. The summed E-state index contributed by atoms with van der Waals surface area (Å²) >= 11 is 9.40. The number of halogens is 2. The Labute approximate surface area is 249 Å². The first-order valence-electron chi connectivity index (χ1n) is 12.9. The number of sulfonamides is 1. The Bertz CT molecular complexity index is 1380. The number of hydrogen-bond donors (Lipinski definition) is 1. The molecule has 0 radical (unpaired) electrons. The zero-order valence-electron chi connectivity index (χ0n) is 22.6. The summed E-state index contributed by atoms with van der Waals surface area (Å²) in [7, 11) is -4.18. The molecule has 0 aliphatic heterocycles. The Balaban J connectivity index is 2.01. The summed E-state index contributed by atoms with van der Waals surface area (Å²) in [5.74, 6) is -0.284. The van der Waals surface area contributed by atoms with Crippen molar-refractivity contribution in [3.8, 4) is 5.75 Å². The quantitative estimate of drug-likeness (QED) is 0.258. The summed E-state index contributed by atoms with van der Waals surface area (Å²) in [6.07, 6.45) is 0.740. The van der Waals surface area contributed by atoms with E-state index in [0.717, 1.165) is 20.8 Å². The first-order chi connectivity index (χ1) is 19.1. The van der Waals surface area contributed by atoms with Crippen LogP contribution in [0.25, 0.3) is 0 Å². The molecule has 1 atom stereocenters. The number of anilines is 1. The van der Waals surface area contributed by atoms with E-state index in [9.17, 15) is 18.0 Å².